The highest BCUT2D eigenvalue weighted by Gasteiger charge is 2.51. The highest BCUT2D eigenvalue weighted by molar-refractivity contribution is 5.95. The summed E-state index contributed by atoms with van der Waals surface area (Å²) in [5, 5.41) is 4.85. The van der Waals surface area contributed by atoms with Crippen LogP contribution in [0.5, 0.6) is 5.75 Å². The third-order valence-corrected chi connectivity index (χ3v) is 14.2. The molecule has 0 unspecified atom stereocenters. The standard InChI is InChI=1S/C44H61N5O4/c1-7-44(8-2,9-3)49-29-35(26-46-49)34-16-23-45-39(25-34)48(40(50)33-10-13-37(14-11-33)53-41(51)47-27-31(4)28-47)30-42-17-20-43(21-18-42,22-19-42)36-12-15-38(52-6)32(5)24-36/h12,15-16,23-26,29,31,33,37H,7-11,13-14,17-22,27-28,30H2,1-6H3. The SMILES string of the molecule is CCC(CC)(CC)n1cc(-c2ccnc(N(CC34CCC(c5ccc(OC)c(C)c5)(CC3)CC4)C(=O)C3CCC(OC(=O)N4CC(C)C4)CC3)c2)cn1. The third-order valence-electron chi connectivity index (χ3n) is 14.2. The van der Waals surface area contributed by atoms with Gasteiger partial charge >= 0.3 is 6.09 Å². The zero-order valence-electron chi connectivity index (χ0n) is 33.0. The zero-order valence-corrected chi connectivity index (χ0v) is 33.0. The molecule has 53 heavy (non-hydrogen) atoms. The first-order chi connectivity index (χ1) is 25.5. The van der Waals surface area contributed by atoms with E-state index in [1.807, 2.05) is 18.5 Å². The Labute approximate surface area is 316 Å². The number of hydrogen-bond acceptors (Lipinski definition) is 6. The van der Waals surface area contributed by atoms with E-state index in [1.165, 1.54) is 11.1 Å². The number of fused-ring (bicyclic) bond motifs is 3. The summed E-state index contributed by atoms with van der Waals surface area (Å²) in [5.74, 6) is 2.26. The van der Waals surface area contributed by atoms with Crippen molar-refractivity contribution in [3.05, 3.63) is 60.0 Å². The summed E-state index contributed by atoms with van der Waals surface area (Å²) in [6.45, 7) is 13.2. The first-order valence-electron chi connectivity index (χ1n) is 20.5. The quantitative estimate of drug-likeness (QED) is 0.185. The van der Waals surface area contributed by atoms with Gasteiger partial charge in [0.1, 0.15) is 17.7 Å². The topological polar surface area (TPSA) is 89.8 Å². The monoisotopic (exact) mass is 723 g/mol. The van der Waals surface area contributed by atoms with Crippen LogP contribution in [0, 0.1) is 24.2 Å². The summed E-state index contributed by atoms with van der Waals surface area (Å²) in [6.07, 6.45) is 18.3. The molecule has 0 atom stereocenters. The molecule has 1 aromatic carbocycles. The van der Waals surface area contributed by atoms with Crippen LogP contribution in [0.2, 0.25) is 0 Å². The fourth-order valence-electron chi connectivity index (χ4n) is 10.2. The number of aryl methyl sites for hydroxylation is 1. The van der Waals surface area contributed by atoms with Crippen molar-refractivity contribution in [2.75, 3.05) is 31.6 Å². The van der Waals surface area contributed by atoms with Gasteiger partial charge in [0.05, 0.1) is 18.8 Å². The summed E-state index contributed by atoms with van der Waals surface area (Å²) in [7, 11) is 1.74. The number of benzene rings is 1. The highest BCUT2D eigenvalue weighted by Crippen LogP contribution is 2.58. The summed E-state index contributed by atoms with van der Waals surface area (Å²) >= 11 is 0. The number of anilines is 1. The number of methoxy groups -OCH3 is 1. The molecule has 0 radical (unpaired) electrons. The Hall–Kier alpha value is -3.88. The Morgan fingerprint density at radius 1 is 0.925 bits per heavy atom. The lowest BCUT2D eigenvalue weighted by molar-refractivity contribution is -0.124. The lowest BCUT2D eigenvalue weighted by atomic mass is 9.51. The van der Waals surface area contributed by atoms with Gasteiger partial charge < -0.3 is 14.4 Å². The highest BCUT2D eigenvalue weighted by atomic mass is 16.6. The number of carbonyl (C=O) groups excluding carboxylic acids is 2. The molecule has 5 fully saturated rings. The second-order valence-electron chi connectivity index (χ2n) is 17.1. The van der Waals surface area contributed by atoms with Crippen LogP contribution in [0.1, 0.15) is 122 Å². The molecule has 5 aliphatic rings. The van der Waals surface area contributed by atoms with Gasteiger partial charge in [-0.1, -0.05) is 39.8 Å². The number of pyridine rings is 1. The normalized spacial score (nSPS) is 25.9. The van der Waals surface area contributed by atoms with Crippen molar-refractivity contribution < 1.29 is 19.1 Å². The minimum atomic E-state index is -0.201. The van der Waals surface area contributed by atoms with E-state index in [1.54, 1.807) is 12.0 Å². The van der Waals surface area contributed by atoms with Gasteiger partial charge in [0.15, 0.2) is 0 Å². The van der Waals surface area contributed by atoms with E-state index in [4.69, 9.17) is 19.6 Å². The number of rotatable bonds is 12. The van der Waals surface area contributed by atoms with E-state index in [-0.39, 0.29) is 40.4 Å². The van der Waals surface area contributed by atoms with Crippen molar-refractivity contribution in [3.63, 3.8) is 0 Å². The maximum Gasteiger partial charge on any atom is 0.410 e. The Morgan fingerprint density at radius 3 is 2.21 bits per heavy atom. The van der Waals surface area contributed by atoms with Crippen LogP contribution < -0.4 is 9.64 Å². The predicted molar refractivity (Wildman–Crippen MR) is 209 cm³/mol. The van der Waals surface area contributed by atoms with Crippen molar-refractivity contribution in [2.45, 2.75) is 135 Å². The van der Waals surface area contributed by atoms with Gasteiger partial charge in [-0.25, -0.2) is 9.78 Å². The molecule has 1 saturated heterocycles. The van der Waals surface area contributed by atoms with Crippen LogP contribution in [0.15, 0.2) is 48.9 Å². The minimum Gasteiger partial charge on any atom is -0.496 e. The Balaban J connectivity index is 1.12. The number of amides is 2. The van der Waals surface area contributed by atoms with E-state index in [0.29, 0.717) is 12.5 Å². The van der Waals surface area contributed by atoms with Gasteiger partial charge in [-0.05, 0) is 142 Å². The number of ether oxygens (including phenoxy) is 2. The van der Waals surface area contributed by atoms with Crippen molar-refractivity contribution in [2.24, 2.45) is 17.3 Å². The number of hydrogen-bond donors (Lipinski definition) is 0. The van der Waals surface area contributed by atoms with E-state index < -0.39 is 0 Å². The minimum absolute atomic E-state index is 0.00216. The molecule has 3 aromatic rings. The lowest BCUT2D eigenvalue weighted by Crippen LogP contribution is -2.52. The van der Waals surface area contributed by atoms with Crippen LogP contribution in [0.4, 0.5) is 10.6 Å². The molecular formula is C44H61N5O4. The first-order valence-corrected chi connectivity index (χ1v) is 20.5. The van der Waals surface area contributed by atoms with Gasteiger partial charge in [0.25, 0.3) is 0 Å². The van der Waals surface area contributed by atoms with Crippen LogP contribution >= 0.6 is 0 Å². The van der Waals surface area contributed by atoms with E-state index >= 15 is 0 Å². The second kappa shape index (κ2) is 15.1. The Bertz CT molecular complexity index is 1730. The maximum atomic E-state index is 14.8. The number of likely N-dealkylation sites (tertiary alicyclic amines) is 1. The van der Waals surface area contributed by atoms with Gasteiger partial charge in [-0.3, -0.25) is 14.4 Å². The summed E-state index contributed by atoms with van der Waals surface area (Å²) in [5.41, 5.74) is 4.97. The van der Waals surface area contributed by atoms with Crippen molar-refractivity contribution in [3.8, 4) is 16.9 Å². The molecular weight excluding hydrogens is 663 g/mol. The van der Waals surface area contributed by atoms with Gasteiger partial charge in [0, 0.05) is 43.5 Å². The largest absolute Gasteiger partial charge is 0.496 e. The molecule has 2 aromatic heterocycles. The van der Waals surface area contributed by atoms with E-state index in [9.17, 15) is 9.59 Å². The van der Waals surface area contributed by atoms with Gasteiger partial charge in [0.2, 0.25) is 5.91 Å². The van der Waals surface area contributed by atoms with Crippen molar-refractivity contribution in [1.82, 2.24) is 19.7 Å². The average Bonchev–Trinajstić information content (AvgIpc) is 3.68. The number of aromatic nitrogens is 3. The molecule has 0 N–H and O–H groups in total. The third kappa shape index (κ3) is 7.21. The Kier molecular flexibility index (Phi) is 10.7. The van der Waals surface area contributed by atoms with Crippen LogP contribution in [-0.4, -0.2) is 64.5 Å². The molecule has 8 rings (SSSR count). The summed E-state index contributed by atoms with van der Waals surface area (Å²) < 4.78 is 13.6. The van der Waals surface area contributed by atoms with Crippen molar-refractivity contribution >= 4 is 17.8 Å². The molecule has 286 valence electrons. The molecule has 9 nitrogen and oxygen atoms in total. The molecule has 9 heteroatoms. The van der Waals surface area contributed by atoms with Crippen LogP contribution in [0.25, 0.3) is 11.1 Å². The maximum absolute atomic E-state index is 14.8. The zero-order chi connectivity index (χ0) is 37.4. The molecule has 2 bridgehead atoms. The molecule has 1 aliphatic heterocycles. The first kappa shape index (κ1) is 37.4. The fraction of sp³-hybridized carbons (Fsp3) is 0.636. The van der Waals surface area contributed by atoms with E-state index in [0.717, 1.165) is 119 Å². The smallest absolute Gasteiger partial charge is 0.410 e. The predicted octanol–water partition coefficient (Wildman–Crippen LogP) is 9.46. The molecule has 2 amide bonds. The van der Waals surface area contributed by atoms with E-state index in [2.05, 4.69) is 74.7 Å². The number of carbonyl (C=O) groups is 2. The fourth-order valence-corrected chi connectivity index (χ4v) is 10.2. The average molecular weight is 724 g/mol. The lowest BCUT2D eigenvalue weighted by Gasteiger charge is -2.55. The second-order valence-corrected chi connectivity index (χ2v) is 17.1. The van der Waals surface area contributed by atoms with Crippen LogP contribution in [0.3, 0.4) is 0 Å². The molecule has 4 aliphatic carbocycles. The number of nitrogens with zero attached hydrogens (tertiary/aromatic N) is 5. The summed E-state index contributed by atoms with van der Waals surface area (Å²) in [4.78, 5) is 36.2. The molecule has 4 saturated carbocycles. The Morgan fingerprint density at radius 2 is 1.60 bits per heavy atom. The van der Waals surface area contributed by atoms with Crippen LogP contribution in [-0.2, 0) is 20.5 Å². The molecule has 3 heterocycles. The van der Waals surface area contributed by atoms with Gasteiger partial charge in [-0.15, -0.1) is 0 Å². The summed E-state index contributed by atoms with van der Waals surface area (Å²) in [6, 6.07) is 10.9. The van der Waals surface area contributed by atoms with Crippen molar-refractivity contribution in [1.29, 1.82) is 0 Å². The van der Waals surface area contributed by atoms with Gasteiger partial charge in [-0.2, -0.15) is 5.10 Å². The molecule has 0 spiro atoms.